The molecule has 90 valence electrons. The van der Waals surface area contributed by atoms with Crippen LogP contribution in [-0.4, -0.2) is 63.2 Å². The maximum Gasteiger partial charge on any atom is 0.0195 e. The Hall–Kier alpha value is -0.120. The first-order valence-electron chi connectivity index (χ1n) is 6.25. The third kappa shape index (κ3) is 6.13. The van der Waals surface area contributed by atoms with Gasteiger partial charge < -0.3 is 15.1 Å². The highest BCUT2D eigenvalue weighted by molar-refractivity contribution is 4.75. The van der Waals surface area contributed by atoms with Crippen molar-refractivity contribution in [2.75, 3.05) is 47.3 Å². The Labute approximate surface area is 94.8 Å². The molecule has 1 N–H and O–H groups in total. The minimum absolute atomic E-state index is 0.739. The van der Waals surface area contributed by atoms with Crippen LogP contribution in [0.25, 0.3) is 0 Å². The topological polar surface area (TPSA) is 18.5 Å². The zero-order valence-electron chi connectivity index (χ0n) is 10.6. The van der Waals surface area contributed by atoms with Gasteiger partial charge >= 0.3 is 0 Å². The molecule has 0 aliphatic carbocycles. The van der Waals surface area contributed by atoms with Gasteiger partial charge in [0.2, 0.25) is 0 Å². The minimum atomic E-state index is 0.739. The fourth-order valence-corrected chi connectivity index (χ4v) is 2.19. The lowest BCUT2D eigenvalue weighted by Gasteiger charge is -2.30. The molecule has 1 unspecified atom stereocenters. The average Bonchev–Trinajstić information content (AvgIpc) is 2.17. The maximum absolute atomic E-state index is 3.67. The number of unbranched alkanes of at least 4 members (excludes halogenated alkanes) is 1. The molecule has 0 radical (unpaired) electrons. The van der Waals surface area contributed by atoms with Crippen LogP contribution in [-0.2, 0) is 0 Å². The second-order valence-corrected chi connectivity index (χ2v) is 5.07. The number of nitrogens with one attached hydrogen (secondary N) is 1. The largest absolute Gasteiger partial charge is 0.313 e. The number of hydrogen-bond donors (Lipinski definition) is 1. The molecule has 1 rings (SSSR count). The zero-order chi connectivity index (χ0) is 11.1. The summed E-state index contributed by atoms with van der Waals surface area (Å²) in [7, 11) is 6.51. The molecule has 1 saturated heterocycles. The van der Waals surface area contributed by atoms with Crippen LogP contribution >= 0.6 is 0 Å². The SMILES string of the molecule is CN(C)CCCCNC1CCCN(C)C1. The molecule has 3 nitrogen and oxygen atoms in total. The zero-order valence-corrected chi connectivity index (χ0v) is 10.6. The van der Waals surface area contributed by atoms with Gasteiger partial charge in [-0.15, -0.1) is 0 Å². The predicted octanol–water partition coefficient (Wildman–Crippen LogP) is 1.01. The van der Waals surface area contributed by atoms with E-state index in [1.807, 2.05) is 0 Å². The number of nitrogens with zero attached hydrogens (tertiary/aromatic N) is 2. The summed E-state index contributed by atoms with van der Waals surface area (Å²) in [6.45, 7) is 4.91. The van der Waals surface area contributed by atoms with E-state index in [0.717, 1.165) is 6.04 Å². The monoisotopic (exact) mass is 213 g/mol. The van der Waals surface area contributed by atoms with E-state index in [-0.39, 0.29) is 0 Å². The summed E-state index contributed by atoms with van der Waals surface area (Å²) >= 11 is 0. The van der Waals surface area contributed by atoms with Crippen LogP contribution in [0, 0.1) is 0 Å². The number of likely N-dealkylation sites (N-methyl/N-ethyl adjacent to an activating group) is 1. The van der Waals surface area contributed by atoms with E-state index in [2.05, 4.69) is 36.3 Å². The van der Waals surface area contributed by atoms with Crippen LogP contribution in [0.2, 0.25) is 0 Å². The molecular weight excluding hydrogens is 186 g/mol. The Morgan fingerprint density at radius 1 is 1.33 bits per heavy atom. The molecular formula is C12H27N3. The summed E-state index contributed by atoms with van der Waals surface area (Å²) in [4.78, 5) is 4.69. The van der Waals surface area contributed by atoms with E-state index in [1.54, 1.807) is 0 Å². The van der Waals surface area contributed by atoms with Gasteiger partial charge in [0.1, 0.15) is 0 Å². The molecule has 1 atom stereocenters. The minimum Gasteiger partial charge on any atom is -0.313 e. The molecule has 15 heavy (non-hydrogen) atoms. The Kier molecular flexibility index (Phi) is 6.22. The Morgan fingerprint density at radius 3 is 2.80 bits per heavy atom. The first kappa shape index (κ1) is 12.9. The quantitative estimate of drug-likeness (QED) is 0.664. The lowest BCUT2D eigenvalue weighted by Crippen LogP contribution is -2.44. The lowest BCUT2D eigenvalue weighted by molar-refractivity contribution is 0.226. The van der Waals surface area contributed by atoms with Crippen molar-refractivity contribution in [1.82, 2.24) is 15.1 Å². The number of rotatable bonds is 6. The Morgan fingerprint density at radius 2 is 2.13 bits per heavy atom. The predicted molar refractivity (Wildman–Crippen MR) is 66.3 cm³/mol. The fraction of sp³-hybridized carbons (Fsp3) is 1.00. The highest BCUT2D eigenvalue weighted by Crippen LogP contribution is 2.07. The van der Waals surface area contributed by atoms with Gasteiger partial charge in [-0.1, -0.05) is 0 Å². The molecule has 1 heterocycles. The van der Waals surface area contributed by atoms with Crippen LogP contribution < -0.4 is 5.32 Å². The second kappa shape index (κ2) is 7.20. The maximum atomic E-state index is 3.67. The smallest absolute Gasteiger partial charge is 0.0195 e. The van der Waals surface area contributed by atoms with Gasteiger partial charge in [-0.2, -0.15) is 0 Å². The molecule has 0 saturated carbocycles. The van der Waals surface area contributed by atoms with Gasteiger partial charge in [0.05, 0.1) is 0 Å². The van der Waals surface area contributed by atoms with Crippen molar-refractivity contribution in [3.63, 3.8) is 0 Å². The van der Waals surface area contributed by atoms with Gasteiger partial charge in [0.15, 0.2) is 0 Å². The molecule has 1 fully saturated rings. The van der Waals surface area contributed by atoms with Gasteiger partial charge in [0.25, 0.3) is 0 Å². The van der Waals surface area contributed by atoms with Crippen LogP contribution in [0.4, 0.5) is 0 Å². The third-order valence-corrected chi connectivity index (χ3v) is 3.09. The van der Waals surface area contributed by atoms with Crippen molar-refractivity contribution in [3.8, 4) is 0 Å². The molecule has 3 heteroatoms. The number of piperidine rings is 1. The first-order chi connectivity index (χ1) is 7.18. The molecule has 0 spiro atoms. The standard InChI is InChI=1S/C12H27N3/c1-14(2)9-5-4-8-13-12-7-6-10-15(3)11-12/h12-13H,4-11H2,1-3H3. The Bertz CT molecular complexity index is 159. The van der Waals surface area contributed by atoms with Crippen molar-refractivity contribution in [1.29, 1.82) is 0 Å². The van der Waals surface area contributed by atoms with Gasteiger partial charge in [-0.05, 0) is 66.5 Å². The van der Waals surface area contributed by atoms with Crippen LogP contribution in [0.15, 0.2) is 0 Å². The summed E-state index contributed by atoms with van der Waals surface area (Å²) in [5.74, 6) is 0. The highest BCUT2D eigenvalue weighted by atomic mass is 15.1. The molecule has 0 aromatic heterocycles. The fourth-order valence-electron chi connectivity index (χ4n) is 2.19. The number of likely N-dealkylation sites (tertiary alicyclic amines) is 1. The summed E-state index contributed by atoms with van der Waals surface area (Å²) in [5, 5.41) is 3.67. The average molecular weight is 213 g/mol. The molecule has 0 bridgehead atoms. The van der Waals surface area contributed by atoms with E-state index >= 15 is 0 Å². The highest BCUT2D eigenvalue weighted by Gasteiger charge is 2.15. The van der Waals surface area contributed by atoms with Crippen molar-refractivity contribution < 1.29 is 0 Å². The summed E-state index contributed by atoms with van der Waals surface area (Å²) in [6.07, 6.45) is 5.32. The molecule has 0 aromatic rings. The first-order valence-corrected chi connectivity index (χ1v) is 6.25. The van der Waals surface area contributed by atoms with Gasteiger partial charge in [-0.25, -0.2) is 0 Å². The van der Waals surface area contributed by atoms with Crippen molar-refractivity contribution in [2.45, 2.75) is 31.7 Å². The second-order valence-electron chi connectivity index (χ2n) is 5.07. The summed E-state index contributed by atoms with van der Waals surface area (Å²) in [5.41, 5.74) is 0. The normalized spacial score (nSPS) is 23.6. The van der Waals surface area contributed by atoms with Crippen LogP contribution in [0.5, 0.6) is 0 Å². The third-order valence-electron chi connectivity index (χ3n) is 3.09. The Balaban J connectivity index is 1.95. The van der Waals surface area contributed by atoms with Crippen molar-refractivity contribution >= 4 is 0 Å². The van der Waals surface area contributed by atoms with Crippen LogP contribution in [0.1, 0.15) is 25.7 Å². The van der Waals surface area contributed by atoms with E-state index < -0.39 is 0 Å². The van der Waals surface area contributed by atoms with Crippen LogP contribution in [0.3, 0.4) is 0 Å². The van der Waals surface area contributed by atoms with E-state index in [4.69, 9.17) is 0 Å². The number of hydrogen-bond acceptors (Lipinski definition) is 3. The van der Waals surface area contributed by atoms with Gasteiger partial charge in [0, 0.05) is 12.6 Å². The van der Waals surface area contributed by atoms with E-state index in [1.165, 1.54) is 51.9 Å². The van der Waals surface area contributed by atoms with Crippen molar-refractivity contribution in [3.05, 3.63) is 0 Å². The molecule has 0 amide bonds. The molecule has 1 aliphatic rings. The summed E-state index contributed by atoms with van der Waals surface area (Å²) < 4.78 is 0. The van der Waals surface area contributed by atoms with Crippen molar-refractivity contribution in [2.24, 2.45) is 0 Å². The van der Waals surface area contributed by atoms with E-state index in [0.29, 0.717) is 0 Å². The van der Waals surface area contributed by atoms with Gasteiger partial charge in [-0.3, -0.25) is 0 Å². The van der Waals surface area contributed by atoms with E-state index in [9.17, 15) is 0 Å². The molecule has 1 aliphatic heterocycles. The molecule has 0 aromatic carbocycles. The summed E-state index contributed by atoms with van der Waals surface area (Å²) in [6, 6.07) is 0.739. The lowest BCUT2D eigenvalue weighted by atomic mass is 10.1.